The highest BCUT2D eigenvalue weighted by molar-refractivity contribution is 8.01. The smallest absolute Gasteiger partial charge is 0.234 e. The van der Waals surface area contributed by atoms with Crippen LogP contribution in [0, 0.1) is 6.92 Å². The molecule has 1 heterocycles. The first-order valence-corrected chi connectivity index (χ1v) is 10.1. The summed E-state index contributed by atoms with van der Waals surface area (Å²) in [6, 6.07) is 13.0. The predicted octanol–water partition coefficient (Wildman–Crippen LogP) is 5.63. The highest BCUT2D eigenvalue weighted by Crippen LogP contribution is 2.31. The number of nitrogens with zero attached hydrogens (tertiary/aromatic N) is 2. The first-order chi connectivity index (χ1) is 12.5. The molecule has 0 unspecified atom stereocenters. The van der Waals surface area contributed by atoms with Crippen LogP contribution >= 0.6 is 46.3 Å². The third kappa shape index (κ3) is 5.11. The van der Waals surface area contributed by atoms with Gasteiger partial charge < -0.3 is 10.6 Å². The monoisotopic (exact) mass is 424 g/mol. The number of rotatable bonds is 6. The van der Waals surface area contributed by atoms with Crippen molar-refractivity contribution in [3.05, 3.63) is 58.1 Å². The van der Waals surface area contributed by atoms with Crippen molar-refractivity contribution in [1.82, 2.24) is 10.2 Å². The Bertz CT molecular complexity index is 895. The van der Waals surface area contributed by atoms with Gasteiger partial charge in [0.05, 0.1) is 21.5 Å². The summed E-state index contributed by atoms with van der Waals surface area (Å²) in [6.07, 6.45) is 0. The van der Waals surface area contributed by atoms with Gasteiger partial charge in [-0.05, 0) is 31.2 Å². The van der Waals surface area contributed by atoms with Crippen LogP contribution in [0.2, 0.25) is 10.0 Å². The molecule has 1 amide bonds. The topological polar surface area (TPSA) is 66.9 Å². The minimum absolute atomic E-state index is 0.181. The van der Waals surface area contributed by atoms with Gasteiger partial charge in [-0.1, -0.05) is 70.1 Å². The molecule has 0 spiro atoms. The van der Waals surface area contributed by atoms with Gasteiger partial charge in [-0.15, -0.1) is 10.2 Å². The molecule has 0 bridgehead atoms. The van der Waals surface area contributed by atoms with Crippen LogP contribution in [0.25, 0.3) is 0 Å². The Balaban J connectivity index is 1.54. The molecule has 2 aromatic carbocycles. The number of hydrogen-bond acceptors (Lipinski definition) is 6. The molecule has 1 aromatic heterocycles. The van der Waals surface area contributed by atoms with Gasteiger partial charge in [0.15, 0.2) is 4.34 Å². The molecule has 0 aliphatic rings. The molecule has 9 heteroatoms. The molecule has 0 saturated heterocycles. The highest BCUT2D eigenvalue weighted by atomic mass is 35.5. The lowest BCUT2D eigenvalue weighted by Crippen LogP contribution is -2.14. The van der Waals surface area contributed by atoms with E-state index in [1.54, 1.807) is 18.2 Å². The molecule has 0 aliphatic carbocycles. The average Bonchev–Trinajstić information content (AvgIpc) is 3.06. The molecule has 134 valence electrons. The summed E-state index contributed by atoms with van der Waals surface area (Å²) < 4.78 is 0.694. The van der Waals surface area contributed by atoms with Crippen molar-refractivity contribution in [2.24, 2.45) is 0 Å². The van der Waals surface area contributed by atoms with Gasteiger partial charge in [0.2, 0.25) is 11.0 Å². The standard InChI is InChI=1S/C17H14Cl2N4OS2/c1-10-5-7-11(8-6-10)20-16-22-23-17(26-16)25-9-14(24)21-15-12(18)3-2-4-13(15)19/h2-8H,9H2,1H3,(H,20,22)(H,21,24). The van der Waals surface area contributed by atoms with E-state index in [1.165, 1.54) is 28.7 Å². The first-order valence-electron chi connectivity index (χ1n) is 7.55. The van der Waals surface area contributed by atoms with Crippen LogP contribution in [0.4, 0.5) is 16.5 Å². The largest absolute Gasteiger partial charge is 0.330 e. The van der Waals surface area contributed by atoms with Crippen molar-refractivity contribution >= 4 is 68.7 Å². The van der Waals surface area contributed by atoms with Crippen LogP contribution in [0.3, 0.4) is 0 Å². The SMILES string of the molecule is Cc1ccc(Nc2nnc(SCC(=O)Nc3c(Cl)cccc3Cl)s2)cc1. The summed E-state index contributed by atoms with van der Waals surface area (Å²) in [4.78, 5) is 12.1. The molecule has 5 nitrogen and oxygen atoms in total. The number of hydrogen-bond donors (Lipinski definition) is 2. The zero-order valence-electron chi connectivity index (χ0n) is 13.6. The van der Waals surface area contributed by atoms with Gasteiger partial charge in [-0.2, -0.15) is 0 Å². The number of anilines is 3. The van der Waals surface area contributed by atoms with Gasteiger partial charge in [0, 0.05) is 5.69 Å². The number of aromatic nitrogens is 2. The molecular weight excluding hydrogens is 411 g/mol. The third-order valence-corrected chi connectivity index (χ3v) is 5.87. The van der Waals surface area contributed by atoms with E-state index in [2.05, 4.69) is 20.8 Å². The quantitative estimate of drug-likeness (QED) is 0.501. The Morgan fingerprint density at radius 3 is 2.50 bits per heavy atom. The van der Waals surface area contributed by atoms with Crippen molar-refractivity contribution in [2.75, 3.05) is 16.4 Å². The average molecular weight is 425 g/mol. The predicted molar refractivity (Wildman–Crippen MR) is 110 cm³/mol. The number of aryl methyl sites for hydroxylation is 1. The zero-order chi connectivity index (χ0) is 18.5. The Morgan fingerprint density at radius 2 is 1.81 bits per heavy atom. The molecule has 3 aromatic rings. The van der Waals surface area contributed by atoms with Crippen LogP contribution in [-0.2, 0) is 4.79 Å². The second-order valence-electron chi connectivity index (χ2n) is 5.30. The molecule has 0 saturated carbocycles. The van der Waals surface area contributed by atoms with E-state index in [1.807, 2.05) is 31.2 Å². The number of benzene rings is 2. The first kappa shape index (κ1) is 19.0. The lowest BCUT2D eigenvalue weighted by Gasteiger charge is -2.08. The fourth-order valence-corrected chi connectivity index (χ4v) is 4.06. The van der Waals surface area contributed by atoms with Gasteiger partial charge in [-0.3, -0.25) is 4.79 Å². The summed E-state index contributed by atoms with van der Waals surface area (Å²) in [5, 5.41) is 15.5. The van der Waals surface area contributed by atoms with E-state index in [0.717, 1.165) is 5.69 Å². The number of carbonyl (C=O) groups excluding carboxylic acids is 1. The van der Waals surface area contributed by atoms with E-state index in [9.17, 15) is 4.79 Å². The fraction of sp³-hybridized carbons (Fsp3) is 0.118. The van der Waals surface area contributed by atoms with Gasteiger partial charge in [0.1, 0.15) is 0 Å². The molecule has 26 heavy (non-hydrogen) atoms. The lowest BCUT2D eigenvalue weighted by molar-refractivity contribution is -0.113. The number of amides is 1. The molecule has 0 fully saturated rings. The van der Waals surface area contributed by atoms with E-state index in [0.29, 0.717) is 25.2 Å². The van der Waals surface area contributed by atoms with Crippen molar-refractivity contribution in [3.8, 4) is 0 Å². The highest BCUT2D eigenvalue weighted by Gasteiger charge is 2.12. The maximum absolute atomic E-state index is 12.1. The van der Waals surface area contributed by atoms with Crippen molar-refractivity contribution in [3.63, 3.8) is 0 Å². The second kappa shape index (κ2) is 8.73. The van der Waals surface area contributed by atoms with Crippen LogP contribution in [0.15, 0.2) is 46.8 Å². The Morgan fingerprint density at radius 1 is 1.12 bits per heavy atom. The fourth-order valence-electron chi connectivity index (χ4n) is 2.00. The Hall–Kier alpha value is -1.80. The Labute approximate surface area is 169 Å². The summed E-state index contributed by atoms with van der Waals surface area (Å²) in [5.41, 5.74) is 2.54. The van der Waals surface area contributed by atoms with Gasteiger partial charge in [0.25, 0.3) is 0 Å². The van der Waals surface area contributed by atoms with Gasteiger partial charge >= 0.3 is 0 Å². The molecule has 2 N–H and O–H groups in total. The van der Waals surface area contributed by atoms with Crippen LogP contribution in [0.5, 0.6) is 0 Å². The number of carbonyl (C=O) groups is 1. The third-order valence-electron chi connectivity index (χ3n) is 3.26. The number of nitrogens with one attached hydrogen (secondary N) is 2. The van der Waals surface area contributed by atoms with Crippen LogP contribution < -0.4 is 10.6 Å². The second-order valence-corrected chi connectivity index (χ2v) is 8.31. The summed E-state index contributed by atoms with van der Waals surface area (Å²) in [7, 11) is 0. The van der Waals surface area contributed by atoms with Crippen LogP contribution in [0.1, 0.15) is 5.56 Å². The van der Waals surface area contributed by atoms with Crippen molar-refractivity contribution in [1.29, 1.82) is 0 Å². The normalized spacial score (nSPS) is 10.6. The lowest BCUT2D eigenvalue weighted by atomic mass is 10.2. The van der Waals surface area contributed by atoms with E-state index in [4.69, 9.17) is 23.2 Å². The maximum atomic E-state index is 12.1. The minimum Gasteiger partial charge on any atom is -0.330 e. The van der Waals surface area contributed by atoms with Crippen LogP contribution in [-0.4, -0.2) is 21.9 Å². The molecule has 3 rings (SSSR count). The van der Waals surface area contributed by atoms with E-state index < -0.39 is 0 Å². The summed E-state index contributed by atoms with van der Waals surface area (Å²) >= 11 is 14.8. The van der Waals surface area contributed by atoms with Crippen molar-refractivity contribution in [2.45, 2.75) is 11.3 Å². The summed E-state index contributed by atoms with van der Waals surface area (Å²) in [5.74, 6) is -0.0333. The van der Waals surface area contributed by atoms with Crippen molar-refractivity contribution < 1.29 is 4.79 Å². The van der Waals surface area contributed by atoms with Gasteiger partial charge in [-0.25, -0.2) is 0 Å². The number of para-hydroxylation sites is 1. The number of halogens is 2. The Kier molecular flexibility index (Phi) is 6.37. The van der Waals surface area contributed by atoms with E-state index >= 15 is 0 Å². The number of thioether (sulfide) groups is 1. The summed E-state index contributed by atoms with van der Waals surface area (Å²) in [6.45, 7) is 2.03. The minimum atomic E-state index is -0.215. The maximum Gasteiger partial charge on any atom is 0.234 e. The molecule has 0 radical (unpaired) electrons. The molecule has 0 aliphatic heterocycles. The van der Waals surface area contributed by atoms with E-state index in [-0.39, 0.29) is 11.7 Å². The molecule has 0 atom stereocenters. The molecular formula is C17H14Cl2N4OS2. The zero-order valence-corrected chi connectivity index (χ0v) is 16.8.